The SMILES string of the molecule is CC1(C)OC[C@H]([C@H]2O[C@@H](CO)C[C@@H](O[Si](C)(C)C(C)(C)C)[C@H]2O)O1. The van der Waals surface area contributed by atoms with Crippen molar-refractivity contribution >= 4 is 8.32 Å². The van der Waals surface area contributed by atoms with Crippen molar-refractivity contribution in [2.45, 2.75) is 95.5 Å². The first-order chi connectivity index (χ1) is 10.9. The van der Waals surface area contributed by atoms with Gasteiger partial charge in [-0.3, -0.25) is 0 Å². The molecular formula is C17H34O6Si. The van der Waals surface area contributed by atoms with Gasteiger partial charge in [-0.2, -0.15) is 0 Å². The molecule has 0 aliphatic carbocycles. The molecule has 2 N–H and O–H groups in total. The molecule has 0 radical (unpaired) electrons. The summed E-state index contributed by atoms with van der Waals surface area (Å²) in [5.41, 5.74) is 0. The normalized spacial score (nSPS) is 37.6. The summed E-state index contributed by atoms with van der Waals surface area (Å²) in [6.07, 6.45) is -1.97. The lowest BCUT2D eigenvalue weighted by molar-refractivity contribution is -0.219. The molecule has 2 fully saturated rings. The highest BCUT2D eigenvalue weighted by molar-refractivity contribution is 6.74. The molecule has 0 aromatic carbocycles. The number of rotatable bonds is 4. The van der Waals surface area contributed by atoms with Gasteiger partial charge in [-0.05, 0) is 32.0 Å². The molecular weight excluding hydrogens is 328 g/mol. The van der Waals surface area contributed by atoms with E-state index in [1.807, 2.05) is 13.8 Å². The fourth-order valence-electron chi connectivity index (χ4n) is 2.94. The minimum absolute atomic E-state index is 0.0458. The zero-order valence-corrected chi connectivity index (χ0v) is 17.0. The van der Waals surface area contributed by atoms with Crippen molar-refractivity contribution in [3.05, 3.63) is 0 Å². The first kappa shape index (κ1) is 20.3. The standard InChI is InChI=1S/C17H34O6Si/c1-16(2,3)24(6,7)23-12-8-11(9-18)21-15(14(12)19)13-10-20-17(4,5)22-13/h11-15,18-19H,8-10H2,1-7H3/t11-,12-,13-,14-,15-/m1/s1. The first-order valence-corrected chi connectivity index (χ1v) is 11.7. The summed E-state index contributed by atoms with van der Waals surface area (Å²) in [5.74, 6) is -0.685. The van der Waals surface area contributed by atoms with Crippen LogP contribution in [0.2, 0.25) is 18.1 Å². The third kappa shape index (κ3) is 4.38. The van der Waals surface area contributed by atoms with Gasteiger partial charge in [0, 0.05) is 6.42 Å². The van der Waals surface area contributed by atoms with Crippen LogP contribution >= 0.6 is 0 Å². The Hall–Kier alpha value is -0.0231. The predicted molar refractivity (Wildman–Crippen MR) is 93.3 cm³/mol. The molecule has 2 rings (SSSR count). The highest BCUT2D eigenvalue weighted by atomic mass is 28.4. The van der Waals surface area contributed by atoms with E-state index in [-0.39, 0.29) is 30.0 Å². The molecule has 0 amide bonds. The molecule has 2 heterocycles. The maximum atomic E-state index is 10.9. The minimum Gasteiger partial charge on any atom is -0.411 e. The number of aliphatic hydroxyl groups excluding tert-OH is 2. The summed E-state index contributed by atoms with van der Waals surface area (Å²) in [4.78, 5) is 0. The average Bonchev–Trinajstić information content (AvgIpc) is 2.79. The number of hydrogen-bond donors (Lipinski definition) is 2. The van der Waals surface area contributed by atoms with E-state index in [0.717, 1.165) is 0 Å². The Morgan fingerprint density at radius 2 is 1.88 bits per heavy atom. The van der Waals surface area contributed by atoms with Crippen LogP contribution in [0.4, 0.5) is 0 Å². The van der Waals surface area contributed by atoms with Gasteiger partial charge in [0.1, 0.15) is 18.3 Å². The smallest absolute Gasteiger partial charge is 0.192 e. The Morgan fingerprint density at radius 1 is 1.25 bits per heavy atom. The zero-order chi connectivity index (χ0) is 18.3. The van der Waals surface area contributed by atoms with Gasteiger partial charge in [-0.25, -0.2) is 0 Å². The Labute approximate surface area is 146 Å². The summed E-state index contributed by atoms with van der Waals surface area (Å²) < 4.78 is 23.8. The third-order valence-corrected chi connectivity index (χ3v) is 9.92. The maximum Gasteiger partial charge on any atom is 0.192 e. The zero-order valence-electron chi connectivity index (χ0n) is 16.0. The van der Waals surface area contributed by atoms with E-state index >= 15 is 0 Å². The Bertz CT molecular complexity index is 433. The summed E-state index contributed by atoms with van der Waals surface area (Å²) in [7, 11) is -2.04. The van der Waals surface area contributed by atoms with Crippen LogP contribution in [0.3, 0.4) is 0 Å². The van der Waals surface area contributed by atoms with Gasteiger partial charge < -0.3 is 28.8 Å². The second-order valence-corrected chi connectivity index (χ2v) is 13.7. The maximum absolute atomic E-state index is 10.9. The lowest BCUT2D eigenvalue weighted by Gasteiger charge is -2.46. The van der Waals surface area contributed by atoms with E-state index < -0.39 is 26.3 Å². The first-order valence-electron chi connectivity index (χ1n) is 8.80. The Balaban J connectivity index is 2.14. The van der Waals surface area contributed by atoms with E-state index in [9.17, 15) is 10.2 Å². The summed E-state index contributed by atoms with van der Waals surface area (Å²) >= 11 is 0. The van der Waals surface area contributed by atoms with Crippen molar-refractivity contribution in [2.75, 3.05) is 13.2 Å². The Kier molecular flexibility index (Phi) is 5.87. The van der Waals surface area contributed by atoms with E-state index in [4.69, 9.17) is 18.6 Å². The monoisotopic (exact) mass is 362 g/mol. The van der Waals surface area contributed by atoms with Crippen LogP contribution in [0.25, 0.3) is 0 Å². The number of aliphatic hydroxyl groups is 2. The van der Waals surface area contributed by atoms with Crippen LogP contribution in [0.15, 0.2) is 0 Å². The average molecular weight is 363 g/mol. The van der Waals surface area contributed by atoms with Crippen LogP contribution in [-0.2, 0) is 18.6 Å². The molecule has 142 valence electrons. The van der Waals surface area contributed by atoms with Gasteiger partial charge in [0.05, 0.1) is 25.4 Å². The molecule has 0 bridgehead atoms. The van der Waals surface area contributed by atoms with Gasteiger partial charge in [0.2, 0.25) is 0 Å². The van der Waals surface area contributed by atoms with E-state index in [1.165, 1.54) is 0 Å². The predicted octanol–water partition coefficient (Wildman–Crippen LogP) is 2.04. The fourth-order valence-corrected chi connectivity index (χ4v) is 4.29. The van der Waals surface area contributed by atoms with Gasteiger partial charge >= 0.3 is 0 Å². The van der Waals surface area contributed by atoms with Crippen LogP contribution in [0, 0.1) is 0 Å². The van der Waals surface area contributed by atoms with Crippen molar-refractivity contribution in [1.82, 2.24) is 0 Å². The molecule has 0 unspecified atom stereocenters. The highest BCUT2D eigenvalue weighted by Gasteiger charge is 2.49. The molecule has 6 nitrogen and oxygen atoms in total. The van der Waals surface area contributed by atoms with E-state index in [2.05, 4.69) is 33.9 Å². The summed E-state index contributed by atoms with van der Waals surface area (Å²) in [6.45, 7) is 14.8. The number of ether oxygens (including phenoxy) is 3. The second kappa shape index (κ2) is 6.94. The largest absolute Gasteiger partial charge is 0.411 e. The molecule has 2 saturated heterocycles. The van der Waals surface area contributed by atoms with Gasteiger partial charge in [-0.15, -0.1) is 0 Å². The quantitative estimate of drug-likeness (QED) is 0.745. The Morgan fingerprint density at radius 3 is 2.33 bits per heavy atom. The topological polar surface area (TPSA) is 77.4 Å². The van der Waals surface area contributed by atoms with Crippen LogP contribution in [0.5, 0.6) is 0 Å². The number of hydrogen-bond acceptors (Lipinski definition) is 6. The summed E-state index contributed by atoms with van der Waals surface area (Å²) in [5, 5.41) is 20.5. The second-order valence-electron chi connectivity index (χ2n) is 8.92. The van der Waals surface area contributed by atoms with E-state index in [0.29, 0.717) is 13.0 Å². The van der Waals surface area contributed by atoms with Crippen LogP contribution in [0.1, 0.15) is 41.0 Å². The molecule has 0 saturated carbocycles. The highest BCUT2D eigenvalue weighted by Crippen LogP contribution is 2.40. The molecule has 2 aliphatic heterocycles. The van der Waals surface area contributed by atoms with Crippen LogP contribution < -0.4 is 0 Å². The van der Waals surface area contributed by atoms with E-state index in [1.54, 1.807) is 0 Å². The summed E-state index contributed by atoms with van der Waals surface area (Å²) in [6, 6.07) is 0. The molecule has 0 spiro atoms. The van der Waals surface area contributed by atoms with Crippen LogP contribution in [-0.4, -0.2) is 68.1 Å². The minimum atomic E-state index is -2.04. The molecule has 2 aliphatic rings. The molecule has 0 aromatic heterocycles. The molecule has 24 heavy (non-hydrogen) atoms. The van der Waals surface area contributed by atoms with Crippen molar-refractivity contribution in [3.63, 3.8) is 0 Å². The fraction of sp³-hybridized carbons (Fsp3) is 1.00. The van der Waals surface area contributed by atoms with Gasteiger partial charge in [-0.1, -0.05) is 20.8 Å². The molecule has 5 atom stereocenters. The van der Waals surface area contributed by atoms with Crippen molar-refractivity contribution in [3.8, 4) is 0 Å². The van der Waals surface area contributed by atoms with Crippen molar-refractivity contribution in [2.24, 2.45) is 0 Å². The third-order valence-electron chi connectivity index (χ3n) is 5.41. The van der Waals surface area contributed by atoms with Gasteiger partial charge in [0.25, 0.3) is 0 Å². The lowest BCUT2D eigenvalue weighted by atomic mass is 9.95. The van der Waals surface area contributed by atoms with Crippen molar-refractivity contribution < 1.29 is 28.8 Å². The van der Waals surface area contributed by atoms with Gasteiger partial charge in [0.15, 0.2) is 14.1 Å². The molecule has 7 heteroatoms. The van der Waals surface area contributed by atoms with Crippen molar-refractivity contribution in [1.29, 1.82) is 0 Å². The molecule has 0 aromatic rings. The lowest BCUT2D eigenvalue weighted by Crippen LogP contribution is -2.58.